The van der Waals surface area contributed by atoms with Crippen LogP contribution in [0.15, 0.2) is 35.3 Å². The summed E-state index contributed by atoms with van der Waals surface area (Å²) in [7, 11) is 0. The molecule has 0 spiro atoms. The van der Waals surface area contributed by atoms with Gasteiger partial charge in [0.2, 0.25) is 0 Å². The summed E-state index contributed by atoms with van der Waals surface area (Å²) >= 11 is 0. The first-order valence-corrected chi connectivity index (χ1v) is 7.87. The van der Waals surface area contributed by atoms with Gasteiger partial charge >= 0.3 is 0 Å². The van der Waals surface area contributed by atoms with E-state index in [1.807, 2.05) is 30.3 Å². The standard InChI is InChI=1S/C17H24N2O/c20-17(14-8-3-1-4-9-14)12-7-10-15(17)19-16-11-5-2-6-13-18-16/h1,3-4,8-9,15,20H,2,5-7,10-13H2,(H,18,19). The fraction of sp³-hybridized carbons (Fsp3) is 0.588. The van der Waals surface area contributed by atoms with E-state index in [1.54, 1.807) is 0 Å². The number of amidine groups is 1. The number of hydrogen-bond acceptors (Lipinski definition) is 3. The van der Waals surface area contributed by atoms with Crippen molar-refractivity contribution in [2.24, 2.45) is 4.99 Å². The van der Waals surface area contributed by atoms with Crippen molar-refractivity contribution >= 4 is 5.84 Å². The number of nitrogens with one attached hydrogen (secondary N) is 1. The minimum absolute atomic E-state index is 0.0988. The van der Waals surface area contributed by atoms with Crippen LogP contribution in [0.5, 0.6) is 0 Å². The SMILES string of the molecule is OC1(c2ccccc2)CCCC1NC1=NCCCCC1. The summed E-state index contributed by atoms with van der Waals surface area (Å²) in [5.41, 5.74) is 0.292. The first-order chi connectivity index (χ1) is 9.79. The number of nitrogens with zero attached hydrogens (tertiary/aromatic N) is 1. The summed E-state index contributed by atoms with van der Waals surface area (Å²) < 4.78 is 0. The average molecular weight is 272 g/mol. The van der Waals surface area contributed by atoms with Gasteiger partial charge in [0.1, 0.15) is 5.60 Å². The van der Waals surface area contributed by atoms with Crippen molar-refractivity contribution in [1.82, 2.24) is 5.32 Å². The molecule has 2 unspecified atom stereocenters. The van der Waals surface area contributed by atoms with Crippen LogP contribution in [0.1, 0.15) is 50.5 Å². The Morgan fingerprint density at radius 1 is 1.10 bits per heavy atom. The predicted molar refractivity (Wildman–Crippen MR) is 81.9 cm³/mol. The highest BCUT2D eigenvalue weighted by molar-refractivity contribution is 5.82. The molecule has 0 amide bonds. The van der Waals surface area contributed by atoms with Crippen molar-refractivity contribution in [3.05, 3.63) is 35.9 Å². The minimum atomic E-state index is -0.740. The van der Waals surface area contributed by atoms with Crippen LogP contribution in [0.25, 0.3) is 0 Å². The normalized spacial score (nSPS) is 30.6. The monoisotopic (exact) mass is 272 g/mol. The van der Waals surface area contributed by atoms with Gasteiger partial charge < -0.3 is 10.4 Å². The molecule has 1 saturated carbocycles. The van der Waals surface area contributed by atoms with Crippen LogP contribution in [0, 0.1) is 0 Å². The lowest BCUT2D eigenvalue weighted by molar-refractivity contribution is 0.0219. The minimum Gasteiger partial charge on any atom is -0.383 e. The fourth-order valence-corrected chi connectivity index (χ4v) is 3.45. The summed E-state index contributed by atoms with van der Waals surface area (Å²) in [5.74, 6) is 1.10. The van der Waals surface area contributed by atoms with Crippen LogP contribution in [-0.4, -0.2) is 23.5 Å². The fourth-order valence-electron chi connectivity index (χ4n) is 3.45. The topological polar surface area (TPSA) is 44.6 Å². The van der Waals surface area contributed by atoms with Gasteiger partial charge in [-0.15, -0.1) is 0 Å². The van der Waals surface area contributed by atoms with Crippen molar-refractivity contribution in [2.75, 3.05) is 6.54 Å². The van der Waals surface area contributed by atoms with E-state index in [0.29, 0.717) is 0 Å². The molecule has 1 aromatic carbocycles. The number of hydrogen-bond donors (Lipinski definition) is 2. The zero-order valence-corrected chi connectivity index (χ0v) is 12.0. The second kappa shape index (κ2) is 5.96. The molecule has 1 aliphatic heterocycles. The number of aliphatic hydroxyl groups is 1. The van der Waals surface area contributed by atoms with Crippen molar-refractivity contribution in [2.45, 2.75) is 56.6 Å². The molecule has 0 saturated heterocycles. The highest BCUT2D eigenvalue weighted by atomic mass is 16.3. The Hall–Kier alpha value is -1.35. The largest absolute Gasteiger partial charge is 0.383 e. The molecule has 3 heteroatoms. The van der Waals surface area contributed by atoms with Crippen molar-refractivity contribution in [1.29, 1.82) is 0 Å². The van der Waals surface area contributed by atoms with Gasteiger partial charge in [-0.2, -0.15) is 0 Å². The van der Waals surface area contributed by atoms with Crippen LogP contribution in [0.3, 0.4) is 0 Å². The van der Waals surface area contributed by atoms with E-state index < -0.39 is 5.60 Å². The lowest BCUT2D eigenvalue weighted by Gasteiger charge is -2.32. The summed E-state index contributed by atoms with van der Waals surface area (Å²) in [6.45, 7) is 0.929. The predicted octanol–water partition coefficient (Wildman–Crippen LogP) is 2.99. The molecule has 0 aromatic heterocycles. The summed E-state index contributed by atoms with van der Waals surface area (Å²) in [6.07, 6.45) is 7.62. The Kier molecular flexibility index (Phi) is 4.06. The Morgan fingerprint density at radius 3 is 2.80 bits per heavy atom. The number of rotatable bonds is 2. The average Bonchev–Trinajstić information content (AvgIpc) is 2.69. The van der Waals surface area contributed by atoms with Gasteiger partial charge in [0.05, 0.1) is 11.9 Å². The first-order valence-electron chi connectivity index (χ1n) is 7.87. The van der Waals surface area contributed by atoms with E-state index in [4.69, 9.17) is 0 Å². The van der Waals surface area contributed by atoms with Crippen LogP contribution < -0.4 is 5.32 Å². The zero-order chi connectivity index (χ0) is 13.8. The third-order valence-electron chi connectivity index (χ3n) is 4.62. The van der Waals surface area contributed by atoms with Crippen LogP contribution in [-0.2, 0) is 5.60 Å². The summed E-state index contributed by atoms with van der Waals surface area (Å²) in [4.78, 5) is 4.64. The molecular weight excluding hydrogens is 248 g/mol. The third kappa shape index (κ3) is 2.73. The molecule has 2 aliphatic rings. The molecule has 1 aromatic rings. The van der Waals surface area contributed by atoms with Crippen LogP contribution in [0.2, 0.25) is 0 Å². The van der Waals surface area contributed by atoms with E-state index >= 15 is 0 Å². The van der Waals surface area contributed by atoms with E-state index in [2.05, 4.69) is 10.3 Å². The molecule has 2 N–H and O–H groups in total. The maximum absolute atomic E-state index is 11.1. The highest BCUT2D eigenvalue weighted by Crippen LogP contribution is 2.39. The number of aliphatic imine (C=N–C) groups is 1. The molecule has 20 heavy (non-hydrogen) atoms. The van der Waals surface area contributed by atoms with E-state index in [0.717, 1.165) is 43.6 Å². The van der Waals surface area contributed by atoms with Gasteiger partial charge in [-0.25, -0.2) is 0 Å². The maximum atomic E-state index is 11.1. The maximum Gasteiger partial charge on any atom is 0.110 e. The van der Waals surface area contributed by atoms with E-state index in [-0.39, 0.29) is 6.04 Å². The van der Waals surface area contributed by atoms with Gasteiger partial charge in [-0.05, 0) is 37.7 Å². The lowest BCUT2D eigenvalue weighted by atomic mass is 9.88. The van der Waals surface area contributed by atoms with E-state index in [9.17, 15) is 5.11 Å². The Labute approximate surface area is 121 Å². The molecule has 1 heterocycles. The van der Waals surface area contributed by atoms with Crippen molar-refractivity contribution < 1.29 is 5.11 Å². The van der Waals surface area contributed by atoms with Gasteiger partial charge in [0, 0.05) is 13.0 Å². The van der Waals surface area contributed by atoms with Crippen LogP contribution in [0.4, 0.5) is 0 Å². The molecule has 2 atom stereocenters. The Morgan fingerprint density at radius 2 is 1.95 bits per heavy atom. The van der Waals surface area contributed by atoms with Gasteiger partial charge in [0.15, 0.2) is 0 Å². The molecule has 3 rings (SSSR count). The second-order valence-corrected chi connectivity index (χ2v) is 6.02. The molecule has 1 aliphatic carbocycles. The Balaban J connectivity index is 1.77. The third-order valence-corrected chi connectivity index (χ3v) is 4.62. The number of benzene rings is 1. The van der Waals surface area contributed by atoms with Crippen molar-refractivity contribution in [3.63, 3.8) is 0 Å². The molecule has 0 bridgehead atoms. The molecule has 1 fully saturated rings. The van der Waals surface area contributed by atoms with Crippen molar-refractivity contribution in [3.8, 4) is 0 Å². The summed E-state index contributed by atoms with van der Waals surface area (Å²) in [5, 5.41) is 14.7. The molecular formula is C17H24N2O. The smallest absolute Gasteiger partial charge is 0.110 e. The summed E-state index contributed by atoms with van der Waals surface area (Å²) in [6, 6.07) is 10.2. The van der Waals surface area contributed by atoms with Gasteiger partial charge in [-0.1, -0.05) is 36.8 Å². The van der Waals surface area contributed by atoms with E-state index in [1.165, 1.54) is 19.3 Å². The Bertz CT molecular complexity index is 471. The molecule has 108 valence electrons. The first kappa shape index (κ1) is 13.6. The van der Waals surface area contributed by atoms with Crippen LogP contribution >= 0.6 is 0 Å². The molecule has 3 nitrogen and oxygen atoms in total. The highest BCUT2D eigenvalue weighted by Gasteiger charge is 2.42. The van der Waals surface area contributed by atoms with Gasteiger partial charge in [0.25, 0.3) is 0 Å². The lowest BCUT2D eigenvalue weighted by Crippen LogP contribution is -2.47. The second-order valence-electron chi connectivity index (χ2n) is 6.02. The quantitative estimate of drug-likeness (QED) is 0.869. The van der Waals surface area contributed by atoms with Gasteiger partial charge in [-0.3, -0.25) is 4.99 Å². The molecule has 0 radical (unpaired) electrons. The zero-order valence-electron chi connectivity index (χ0n) is 12.0.